The molecule has 0 aliphatic carbocycles. The van der Waals surface area contributed by atoms with Gasteiger partial charge in [0.1, 0.15) is 0 Å². The fraction of sp³-hybridized carbons (Fsp3) is 0. The summed E-state index contributed by atoms with van der Waals surface area (Å²) in [7, 11) is 0. The van der Waals surface area contributed by atoms with Crippen LogP contribution in [0.4, 0.5) is 0 Å². The van der Waals surface area contributed by atoms with Crippen LogP contribution in [0.15, 0.2) is 41.3 Å². The van der Waals surface area contributed by atoms with Gasteiger partial charge in [-0.2, -0.15) is 0 Å². The maximum absolute atomic E-state index is 12.0. The molecule has 0 saturated heterocycles. The summed E-state index contributed by atoms with van der Waals surface area (Å²) in [4.78, 5) is 12.0. The Hall–Kier alpha value is -1.58. The van der Waals surface area contributed by atoms with E-state index in [1.165, 1.54) is 0 Å². The molecule has 74 valence electrons. The third-order valence-electron chi connectivity index (χ3n) is 2.19. The van der Waals surface area contributed by atoms with Crippen molar-refractivity contribution in [2.24, 2.45) is 0 Å². The molecule has 2 heterocycles. The molecule has 0 bridgehead atoms. The monoisotopic (exact) mass is 265 g/mol. The first-order chi connectivity index (χ1) is 7.36. The van der Waals surface area contributed by atoms with Crippen LogP contribution in [0.25, 0.3) is 15.5 Å². The van der Waals surface area contributed by atoms with Crippen LogP contribution in [0.1, 0.15) is 0 Å². The minimum atomic E-state index is 0.0167. The standard InChI is InChI=1S/C10H7N3OSe/c14-10-7-3-1-2-4-8(7)15-13(10)9-5-6-11-12-9/h1-6H,(H,11,12). The molecule has 15 heavy (non-hydrogen) atoms. The maximum atomic E-state index is 12.0. The Kier molecular flexibility index (Phi) is 1.87. The van der Waals surface area contributed by atoms with E-state index in [2.05, 4.69) is 10.2 Å². The van der Waals surface area contributed by atoms with Crippen molar-refractivity contribution in [2.45, 2.75) is 0 Å². The average molecular weight is 264 g/mol. The fourth-order valence-electron chi connectivity index (χ4n) is 1.49. The first kappa shape index (κ1) is 8.71. The summed E-state index contributed by atoms with van der Waals surface area (Å²) in [5.74, 6) is 0.705. The summed E-state index contributed by atoms with van der Waals surface area (Å²) in [5.41, 5.74) is 0.0534. The van der Waals surface area contributed by atoms with Crippen LogP contribution in [-0.2, 0) is 0 Å². The molecule has 1 aromatic carbocycles. The molecule has 0 aliphatic rings. The van der Waals surface area contributed by atoms with Crippen molar-refractivity contribution in [3.8, 4) is 5.82 Å². The summed E-state index contributed by atoms with van der Waals surface area (Å²) in [5, 5.41) is 7.55. The number of nitrogens with one attached hydrogen (secondary N) is 1. The molecule has 3 rings (SSSR count). The Balaban J connectivity index is 2.38. The zero-order chi connectivity index (χ0) is 10.3. The SMILES string of the molecule is O=c1c2ccccc2[se]n1-c1cc[nH]n1. The molecule has 0 radical (unpaired) electrons. The molecule has 0 saturated carbocycles. The van der Waals surface area contributed by atoms with Crippen LogP contribution in [0.2, 0.25) is 0 Å². The second kappa shape index (κ2) is 3.22. The quantitative estimate of drug-likeness (QED) is 0.660. The number of benzene rings is 1. The fourth-order valence-corrected chi connectivity index (χ4v) is 3.52. The number of H-pyrrole nitrogens is 1. The van der Waals surface area contributed by atoms with Crippen molar-refractivity contribution in [1.82, 2.24) is 13.8 Å². The third kappa shape index (κ3) is 1.28. The first-order valence-corrected chi connectivity index (χ1v) is 6.10. The van der Waals surface area contributed by atoms with Gasteiger partial charge in [0.25, 0.3) is 0 Å². The first-order valence-electron chi connectivity index (χ1n) is 4.47. The molecular weight excluding hydrogens is 257 g/mol. The number of nitrogens with zero attached hydrogens (tertiary/aromatic N) is 2. The van der Waals surface area contributed by atoms with Gasteiger partial charge < -0.3 is 0 Å². The van der Waals surface area contributed by atoms with Gasteiger partial charge in [0.2, 0.25) is 0 Å². The molecule has 3 aromatic rings. The van der Waals surface area contributed by atoms with E-state index in [4.69, 9.17) is 0 Å². The van der Waals surface area contributed by atoms with Crippen molar-refractivity contribution in [2.75, 3.05) is 0 Å². The molecule has 1 N–H and O–H groups in total. The molecule has 0 spiro atoms. The summed E-state index contributed by atoms with van der Waals surface area (Å²) >= 11 is 0.0167. The zero-order valence-corrected chi connectivity index (χ0v) is 9.39. The van der Waals surface area contributed by atoms with Crippen molar-refractivity contribution in [1.29, 1.82) is 0 Å². The Bertz CT molecular complexity index is 651. The zero-order valence-electron chi connectivity index (χ0n) is 7.68. The topological polar surface area (TPSA) is 50.7 Å². The van der Waals surface area contributed by atoms with E-state index in [1.807, 2.05) is 30.3 Å². The molecule has 0 unspecified atom stereocenters. The van der Waals surface area contributed by atoms with Gasteiger partial charge in [-0.05, 0) is 0 Å². The molecule has 0 atom stereocenters. The van der Waals surface area contributed by atoms with Gasteiger partial charge in [-0.3, -0.25) is 0 Å². The van der Waals surface area contributed by atoms with Crippen molar-refractivity contribution >= 4 is 24.4 Å². The van der Waals surface area contributed by atoms with Gasteiger partial charge >= 0.3 is 90.8 Å². The van der Waals surface area contributed by atoms with E-state index in [0.717, 1.165) is 9.65 Å². The van der Waals surface area contributed by atoms with E-state index < -0.39 is 0 Å². The Morgan fingerprint density at radius 3 is 2.87 bits per heavy atom. The van der Waals surface area contributed by atoms with Crippen LogP contribution in [-0.4, -0.2) is 28.5 Å². The summed E-state index contributed by atoms with van der Waals surface area (Å²) in [6.07, 6.45) is 1.72. The van der Waals surface area contributed by atoms with Crippen molar-refractivity contribution in [3.63, 3.8) is 0 Å². The number of aromatic amines is 1. The minimum absolute atomic E-state index is 0.0167. The van der Waals surface area contributed by atoms with Gasteiger partial charge in [-0.15, -0.1) is 0 Å². The molecule has 0 aliphatic heterocycles. The van der Waals surface area contributed by atoms with Crippen LogP contribution >= 0.6 is 0 Å². The Morgan fingerprint density at radius 2 is 2.13 bits per heavy atom. The van der Waals surface area contributed by atoms with Crippen molar-refractivity contribution < 1.29 is 0 Å². The van der Waals surface area contributed by atoms with Crippen LogP contribution < -0.4 is 5.56 Å². The van der Waals surface area contributed by atoms with Crippen LogP contribution in [0, 0.1) is 0 Å². The van der Waals surface area contributed by atoms with Crippen molar-refractivity contribution in [3.05, 3.63) is 46.9 Å². The Labute approximate surface area is 91.1 Å². The van der Waals surface area contributed by atoms with Gasteiger partial charge in [0.05, 0.1) is 0 Å². The van der Waals surface area contributed by atoms with E-state index in [-0.39, 0.29) is 20.3 Å². The summed E-state index contributed by atoms with van der Waals surface area (Å²) in [6.45, 7) is 0. The molecule has 0 amide bonds. The summed E-state index contributed by atoms with van der Waals surface area (Å²) < 4.78 is 2.85. The van der Waals surface area contributed by atoms with Gasteiger partial charge in [0.15, 0.2) is 0 Å². The van der Waals surface area contributed by atoms with E-state index in [0.29, 0.717) is 5.82 Å². The number of aromatic nitrogens is 3. The molecule has 4 nitrogen and oxygen atoms in total. The van der Waals surface area contributed by atoms with Gasteiger partial charge in [-0.25, -0.2) is 0 Å². The van der Waals surface area contributed by atoms with E-state index in [9.17, 15) is 4.79 Å². The van der Waals surface area contributed by atoms with E-state index >= 15 is 0 Å². The second-order valence-corrected chi connectivity index (χ2v) is 5.19. The van der Waals surface area contributed by atoms with E-state index in [1.54, 1.807) is 9.76 Å². The molecule has 2 aromatic heterocycles. The number of fused-ring (bicyclic) bond motifs is 1. The number of rotatable bonds is 1. The molecule has 0 fully saturated rings. The number of hydrogen-bond donors (Lipinski definition) is 1. The Morgan fingerprint density at radius 1 is 1.27 bits per heavy atom. The summed E-state index contributed by atoms with van der Waals surface area (Å²) in [6, 6.07) is 9.53. The van der Waals surface area contributed by atoms with Crippen LogP contribution in [0.3, 0.4) is 0 Å². The predicted molar refractivity (Wildman–Crippen MR) is 58.6 cm³/mol. The van der Waals surface area contributed by atoms with Gasteiger partial charge in [-0.1, -0.05) is 0 Å². The predicted octanol–water partition coefficient (Wildman–Crippen LogP) is 0.771. The van der Waals surface area contributed by atoms with Gasteiger partial charge in [0, 0.05) is 0 Å². The molecule has 5 heteroatoms. The third-order valence-corrected chi connectivity index (χ3v) is 4.47. The van der Waals surface area contributed by atoms with Crippen LogP contribution in [0.5, 0.6) is 0 Å². The second-order valence-electron chi connectivity index (χ2n) is 3.12. The molecular formula is C10H7N3OSe. The normalized spacial score (nSPS) is 10.9. The average Bonchev–Trinajstić information content (AvgIpc) is 2.87. The number of hydrogen-bond acceptors (Lipinski definition) is 2.